The quantitative estimate of drug-likeness (QED) is 0.573. The lowest BCUT2D eigenvalue weighted by Gasteiger charge is -2.01. The van der Waals surface area contributed by atoms with Crippen LogP contribution in [-0.4, -0.2) is 31.0 Å². The molecule has 0 aliphatic heterocycles. The van der Waals surface area contributed by atoms with Gasteiger partial charge in [0.2, 0.25) is 0 Å². The molecule has 0 saturated heterocycles. The molecule has 0 fully saturated rings. The van der Waals surface area contributed by atoms with E-state index in [0.717, 1.165) is 19.4 Å². The summed E-state index contributed by atoms with van der Waals surface area (Å²) >= 11 is 0. The summed E-state index contributed by atoms with van der Waals surface area (Å²) in [5.41, 5.74) is 0. The third-order valence-electron chi connectivity index (χ3n) is 1.16. The number of amides is 1. The fraction of sp³-hybridized carbons (Fsp3) is 0.857. The molecule has 4 heteroatoms. The van der Waals surface area contributed by atoms with E-state index in [2.05, 4.69) is 12.2 Å². The van der Waals surface area contributed by atoms with Crippen LogP contribution in [0.5, 0.6) is 0 Å². The maximum atomic E-state index is 9.92. The van der Waals surface area contributed by atoms with Gasteiger partial charge in [0, 0.05) is 13.2 Å². The van der Waals surface area contributed by atoms with Crippen molar-refractivity contribution in [2.24, 2.45) is 0 Å². The van der Waals surface area contributed by atoms with Crippen LogP contribution in [0.4, 0.5) is 4.79 Å². The molecule has 2 N–H and O–H groups in total. The number of carbonyl (C=O) groups is 1. The minimum atomic E-state index is -0.996. The van der Waals surface area contributed by atoms with Crippen molar-refractivity contribution >= 4 is 6.09 Å². The highest BCUT2D eigenvalue weighted by Gasteiger charge is 1.91. The van der Waals surface area contributed by atoms with Crippen molar-refractivity contribution in [1.29, 1.82) is 0 Å². The summed E-state index contributed by atoms with van der Waals surface area (Å²) in [7, 11) is 0. The molecule has 0 aromatic rings. The van der Waals surface area contributed by atoms with E-state index in [-0.39, 0.29) is 0 Å². The molecule has 0 radical (unpaired) electrons. The molecular formula is C7H15NO3. The van der Waals surface area contributed by atoms with Crippen molar-refractivity contribution in [3.63, 3.8) is 0 Å². The van der Waals surface area contributed by atoms with Crippen LogP contribution in [0, 0.1) is 0 Å². The average Bonchev–Trinajstić information content (AvgIpc) is 1.96. The number of unbranched alkanes of at least 4 members (excludes halogenated alkanes) is 1. The molecule has 0 saturated carbocycles. The van der Waals surface area contributed by atoms with Crippen molar-refractivity contribution in [3.8, 4) is 0 Å². The lowest BCUT2D eigenvalue weighted by atomic mass is 10.4. The molecular weight excluding hydrogens is 146 g/mol. The second kappa shape index (κ2) is 7.34. The first-order valence-electron chi connectivity index (χ1n) is 3.82. The van der Waals surface area contributed by atoms with Gasteiger partial charge in [-0.2, -0.15) is 0 Å². The van der Waals surface area contributed by atoms with E-state index < -0.39 is 6.09 Å². The third-order valence-corrected chi connectivity index (χ3v) is 1.16. The second-order valence-electron chi connectivity index (χ2n) is 2.20. The van der Waals surface area contributed by atoms with Gasteiger partial charge in [-0.15, -0.1) is 0 Å². The number of carboxylic acid groups (broad SMARTS) is 1. The number of hydrogen-bond acceptors (Lipinski definition) is 2. The number of rotatable bonds is 6. The van der Waals surface area contributed by atoms with Crippen LogP contribution >= 0.6 is 0 Å². The predicted octanol–water partition coefficient (Wildman–Crippen LogP) is 1.07. The maximum absolute atomic E-state index is 9.92. The van der Waals surface area contributed by atoms with Crippen molar-refractivity contribution in [3.05, 3.63) is 0 Å². The summed E-state index contributed by atoms with van der Waals surface area (Å²) in [5.74, 6) is 0. The number of nitrogens with one attached hydrogen (secondary N) is 1. The van der Waals surface area contributed by atoms with Gasteiger partial charge in [0.05, 0.1) is 6.61 Å². The molecule has 0 heterocycles. The number of ether oxygens (including phenoxy) is 1. The normalized spacial score (nSPS) is 9.55. The lowest BCUT2D eigenvalue weighted by molar-refractivity contribution is 0.130. The van der Waals surface area contributed by atoms with Gasteiger partial charge in [-0.1, -0.05) is 13.3 Å². The summed E-state index contributed by atoms with van der Waals surface area (Å²) in [6.07, 6.45) is 1.14. The predicted molar refractivity (Wildman–Crippen MR) is 41.8 cm³/mol. The summed E-state index contributed by atoms with van der Waals surface area (Å²) < 4.78 is 5.10. The fourth-order valence-electron chi connectivity index (χ4n) is 0.579. The molecule has 0 unspecified atom stereocenters. The van der Waals surface area contributed by atoms with Gasteiger partial charge in [-0.3, -0.25) is 0 Å². The minimum absolute atomic E-state index is 0.374. The van der Waals surface area contributed by atoms with Crippen LogP contribution in [0.2, 0.25) is 0 Å². The molecule has 0 atom stereocenters. The molecule has 0 aromatic heterocycles. The Morgan fingerprint density at radius 2 is 2.27 bits per heavy atom. The molecule has 0 spiro atoms. The highest BCUT2D eigenvalue weighted by Crippen LogP contribution is 1.86. The van der Waals surface area contributed by atoms with Crippen LogP contribution in [0.3, 0.4) is 0 Å². The Morgan fingerprint density at radius 1 is 1.55 bits per heavy atom. The highest BCUT2D eigenvalue weighted by atomic mass is 16.5. The molecule has 0 bridgehead atoms. The van der Waals surface area contributed by atoms with Gasteiger partial charge >= 0.3 is 6.09 Å². The van der Waals surface area contributed by atoms with E-state index in [9.17, 15) is 4.79 Å². The van der Waals surface area contributed by atoms with E-state index in [1.54, 1.807) is 0 Å². The Bertz CT molecular complexity index is 106. The topological polar surface area (TPSA) is 58.6 Å². The van der Waals surface area contributed by atoms with E-state index in [1.807, 2.05) is 0 Å². The first-order chi connectivity index (χ1) is 5.27. The molecule has 1 amide bonds. The summed E-state index contributed by atoms with van der Waals surface area (Å²) in [6, 6.07) is 0. The van der Waals surface area contributed by atoms with Crippen molar-refractivity contribution < 1.29 is 14.6 Å². The largest absolute Gasteiger partial charge is 0.465 e. The highest BCUT2D eigenvalue weighted by molar-refractivity contribution is 5.64. The van der Waals surface area contributed by atoms with Crippen molar-refractivity contribution in [2.75, 3.05) is 19.8 Å². The third kappa shape index (κ3) is 9.23. The van der Waals surface area contributed by atoms with Crippen LogP contribution < -0.4 is 5.32 Å². The lowest BCUT2D eigenvalue weighted by Crippen LogP contribution is -2.25. The summed E-state index contributed by atoms with van der Waals surface area (Å²) in [5, 5.41) is 10.4. The monoisotopic (exact) mass is 161 g/mol. The average molecular weight is 161 g/mol. The van der Waals surface area contributed by atoms with Gasteiger partial charge in [0.1, 0.15) is 0 Å². The molecule has 0 rings (SSSR count). The first kappa shape index (κ1) is 10.2. The molecule has 0 aliphatic carbocycles. The van der Waals surface area contributed by atoms with Gasteiger partial charge in [0.25, 0.3) is 0 Å². The Labute approximate surface area is 66.5 Å². The number of hydrogen-bond donors (Lipinski definition) is 2. The zero-order chi connectivity index (χ0) is 8.53. The second-order valence-corrected chi connectivity index (χ2v) is 2.20. The van der Waals surface area contributed by atoms with Gasteiger partial charge in [-0.05, 0) is 6.42 Å². The van der Waals surface area contributed by atoms with E-state index in [0.29, 0.717) is 13.2 Å². The molecule has 66 valence electrons. The van der Waals surface area contributed by atoms with E-state index in [4.69, 9.17) is 9.84 Å². The molecule has 0 aromatic carbocycles. The van der Waals surface area contributed by atoms with Crippen LogP contribution in [0.1, 0.15) is 19.8 Å². The first-order valence-corrected chi connectivity index (χ1v) is 3.82. The fourth-order valence-corrected chi connectivity index (χ4v) is 0.579. The zero-order valence-corrected chi connectivity index (χ0v) is 6.80. The van der Waals surface area contributed by atoms with Crippen molar-refractivity contribution in [2.45, 2.75) is 19.8 Å². The Kier molecular flexibility index (Phi) is 6.82. The summed E-state index contributed by atoms with van der Waals surface area (Å²) in [6.45, 7) is 3.64. The van der Waals surface area contributed by atoms with E-state index >= 15 is 0 Å². The Balaban J connectivity index is 2.85. The Morgan fingerprint density at radius 3 is 2.82 bits per heavy atom. The van der Waals surface area contributed by atoms with Gasteiger partial charge in [0.15, 0.2) is 0 Å². The van der Waals surface area contributed by atoms with Crippen LogP contribution in [-0.2, 0) is 4.74 Å². The maximum Gasteiger partial charge on any atom is 0.404 e. The van der Waals surface area contributed by atoms with E-state index in [1.165, 1.54) is 0 Å². The summed E-state index contributed by atoms with van der Waals surface area (Å²) in [4.78, 5) is 9.92. The SMILES string of the molecule is CCCCOCCNC(=O)O. The Hall–Kier alpha value is -0.770. The smallest absolute Gasteiger partial charge is 0.404 e. The van der Waals surface area contributed by atoms with Gasteiger partial charge in [-0.25, -0.2) is 4.79 Å². The standard InChI is InChI=1S/C7H15NO3/c1-2-3-5-11-6-4-8-7(9)10/h8H,2-6H2,1H3,(H,9,10). The van der Waals surface area contributed by atoms with Crippen LogP contribution in [0.15, 0.2) is 0 Å². The van der Waals surface area contributed by atoms with Crippen LogP contribution in [0.25, 0.3) is 0 Å². The van der Waals surface area contributed by atoms with Gasteiger partial charge < -0.3 is 15.2 Å². The molecule has 0 aliphatic rings. The molecule has 4 nitrogen and oxygen atoms in total. The molecule has 11 heavy (non-hydrogen) atoms. The van der Waals surface area contributed by atoms with Crippen molar-refractivity contribution in [1.82, 2.24) is 5.32 Å². The minimum Gasteiger partial charge on any atom is -0.465 e. The zero-order valence-electron chi connectivity index (χ0n) is 6.80.